The van der Waals surface area contributed by atoms with E-state index in [-0.39, 0.29) is 24.2 Å². The normalized spacial score (nSPS) is 17.1. The summed E-state index contributed by atoms with van der Waals surface area (Å²) in [6, 6.07) is 9.10. The Morgan fingerprint density at radius 2 is 2.17 bits per heavy atom. The lowest BCUT2D eigenvalue weighted by Gasteiger charge is -2.17. The number of hydrogen-bond acceptors (Lipinski definition) is 4. The van der Waals surface area contributed by atoms with Gasteiger partial charge >= 0.3 is 0 Å². The lowest BCUT2D eigenvalue weighted by atomic mass is 10.1. The smallest absolute Gasteiger partial charge is 0.227 e. The first kappa shape index (κ1) is 16.0. The molecule has 0 bridgehead atoms. The van der Waals surface area contributed by atoms with Crippen LogP contribution in [0.1, 0.15) is 6.42 Å². The highest BCUT2D eigenvalue weighted by molar-refractivity contribution is 6.00. The summed E-state index contributed by atoms with van der Waals surface area (Å²) in [6.45, 7) is 1.51. The molecular formula is C17H20N4O3. The molecule has 1 aromatic carbocycles. The number of hydrogen-bond donors (Lipinski definition) is 1. The maximum absolute atomic E-state index is 12.3. The number of methoxy groups -OCH3 is 1. The fourth-order valence-corrected chi connectivity index (χ4v) is 2.77. The van der Waals surface area contributed by atoms with Gasteiger partial charge in [0.15, 0.2) is 0 Å². The van der Waals surface area contributed by atoms with Crippen LogP contribution in [0.2, 0.25) is 0 Å². The minimum absolute atomic E-state index is 0.0348. The highest BCUT2D eigenvalue weighted by atomic mass is 16.5. The molecule has 1 aliphatic rings. The Morgan fingerprint density at radius 3 is 2.83 bits per heavy atom. The number of nitrogens with one attached hydrogen (secondary N) is 1. The molecule has 0 aliphatic carbocycles. The van der Waals surface area contributed by atoms with E-state index < -0.39 is 0 Å². The molecule has 1 N–H and O–H groups in total. The molecule has 3 rings (SSSR count). The summed E-state index contributed by atoms with van der Waals surface area (Å²) in [7, 11) is 1.60. The highest BCUT2D eigenvalue weighted by Gasteiger charge is 2.34. The summed E-state index contributed by atoms with van der Waals surface area (Å²) in [4.78, 5) is 26.1. The summed E-state index contributed by atoms with van der Waals surface area (Å²) in [5.74, 6) is 0.287. The van der Waals surface area contributed by atoms with Crippen LogP contribution in [0.25, 0.3) is 0 Å². The Hall–Kier alpha value is -2.83. The first-order valence-electron chi connectivity index (χ1n) is 7.87. The van der Waals surface area contributed by atoms with Crippen LogP contribution in [-0.4, -0.2) is 41.8 Å². The van der Waals surface area contributed by atoms with Crippen molar-refractivity contribution in [1.82, 2.24) is 15.1 Å². The molecule has 0 saturated carbocycles. The monoisotopic (exact) mass is 328 g/mol. The largest absolute Gasteiger partial charge is 0.497 e. The molecule has 0 radical (unpaired) electrons. The van der Waals surface area contributed by atoms with Crippen molar-refractivity contribution in [3.05, 3.63) is 42.7 Å². The molecule has 7 nitrogen and oxygen atoms in total. The van der Waals surface area contributed by atoms with Crippen molar-refractivity contribution in [2.24, 2.45) is 5.92 Å². The van der Waals surface area contributed by atoms with Gasteiger partial charge in [0.2, 0.25) is 11.8 Å². The van der Waals surface area contributed by atoms with E-state index in [1.165, 1.54) is 0 Å². The van der Waals surface area contributed by atoms with E-state index in [0.717, 1.165) is 11.4 Å². The molecule has 1 fully saturated rings. The average molecular weight is 328 g/mol. The van der Waals surface area contributed by atoms with E-state index in [1.54, 1.807) is 35.0 Å². The van der Waals surface area contributed by atoms with Crippen LogP contribution in [0.5, 0.6) is 5.75 Å². The summed E-state index contributed by atoms with van der Waals surface area (Å²) in [6.07, 6.45) is 3.78. The third-order valence-corrected chi connectivity index (χ3v) is 4.08. The van der Waals surface area contributed by atoms with Gasteiger partial charge in [-0.15, -0.1) is 0 Å². The van der Waals surface area contributed by atoms with Gasteiger partial charge < -0.3 is 15.0 Å². The van der Waals surface area contributed by atoms with Gasteiger partial charge in [-0.05, 0) is 30.3 Å². The molecule has 2 amide bonds. The van der Waals surface area contributed by atoms with Gasteiger partial charge in [0.05, 0.1) is 19.6 Å². The van der Waals surface area contributed by atoms with Crippen LogP contribution in [0.3, 0.4) is 0 Å². The molecule has 1 aromatic heterocycles. The Balaban J connectivity index is 1.54. The Bertz CT molecular complexity index is 697. The van der Waals surface area contributed by atoms with Crippen molar-refractivity contribution in [1.29, 1.82) is 0 Å². The van der Waals surface area contributed by atoms with Gasteiger partial charge in [-0.2, -0.15) is 5.10 Å². The number of nitrogens with zero attached hydrogens (tertiary/aromatic N) is 3. The van der Waals surface area contributed by atoms with E-state index >= 15 is 0 Å². The third kappa shape index (κ3) is 3.56. The van der Waals surface area contributed by atoms with Crippen molar-refractivity contribution in [3.63, 3.8) is 0 Å². The van der Waals surface area contributed by atoms with Crippen LogP contribution in [0.4, 0.5) is 5.69 Å². The predicted octanol–water partition coefficient (Wildman–Crippen LogP) is 1.06. The number of amides is 2. The van der Waals surface area contributed by atoms with Gasteiger partial charge in [-0.3, -0.25) is 14.3 Å². The van der Waals surface area contributed by atoms with Crippen LogP contribution in [-0.2, 0) is 16.1 Å². The number of carbonyl (C=O) groups excluding carboxylic acids is 2. The number of rotatable bonds is 6. The quantitative estimate of drug-likeness (QED) is 0.860. The number of benzene rings is 1. The fraction of sp³-hybridized carbons (Fsp3) is 0.353. The number of aromatic nitrogens is 2. The lowest BCUT2D eigenvalue weighted by Crippen LogP contribution is -2.34. The second-order valence-electron chi connectivity index (χ2n) is 5.66. The van der Waals surface area contributed by atoms with Crippen LogP contribution >= 0.6 is 0 Å². The zero-order valence-electron chi connectivity index (χ0n) is 13.5. The Kier molecular flexibility index (Phi) is 4.79. The van der Waals surface area contributed by atoms with E-state index in [2.05, 4.69) is 10.4 Å². The van der Waals surface area contributed by atoms with E-state index in [4.69, 9.17) is 4.74 Å². The number of carbonyl (C=O) groups is 2. The molecule has 24 heavy (non-hydrogen) atoms. The van der Waals surface area contributed by atoms with Crippen LogP contribution in [0, 0.1) is 5.92 Å². The third-order valence-electron chi connectivity index (χ3n) is 4.08. The fourth-order valence-electron chi connectivity index (χ4n) is 2.77. The van der Waals surface area contributed by atoms with Crippen molar-refractivity contribution >= 4 is 17.5 Å². The van der Waals surface area contributed by atoms with Gasteiger partial charge in [-0.25, -0.2) is 0 Å². The zero-order valence-corrected chi connectivity index (χ0v) is 13.5. The number of ether oxygens (including phenoxy) is 1. The molecule has 0 spiro atoms. The topological polar surface area (TPSA) is 76.5 Å². The lowest BCUT2D eigenvalue weighted by molar-refractivity contribution is -0.126. The summed E-state index contributed by atoms with van der Waals surface area (Å²) in [5, 5.41) is 6.96. The summed E-state index contributed by atoms with van der Waals surface area (Å²) < 4.78 is 6.87. The zero-order chi connectivity index (χ0) is 16.9. The standard InChI is InChI=1S/C17H20N4O3/c1-24-15-5-3-14(4-6-15)21-12-13(11-16(21)22)17(23)18-8-10-20-9-2-7-19-20/h2-7,9,13H,8,10-12H2,1H3,(H,18,23)/t13-/m1/s1. The summed E-state index contributed by atoms with van der Waals surface area (Å²) >= 11 is 0. The summed E-state index contributed by atoms with van der Waals surface area (Å²) in [5.41, 5.74) is 0.785. The van der Waals surface area contributed by atoms with E-state index in [1.807, 2.05) is 24.4 Å². The molecule has 1 aliphatic heterocycles. The van der Waals surface area contributed by atoms with Crippen molar-refractivity contribution in [3.8, 4) is 5.75 Å². The van der Waals surface area contributed by atoms with Gasteiger partial charge in [-0.1, -0.05) is 0 Å². The molecule has 2 heterocycles. The molecular weight excluding hydrogens is 308 g/mol. The van der Waals surface area contributed by atoms with Crippen molar-refractivity contribution in [2.75, 3.05) is 25.1 Å². The Morgan fingerprint density at radius 1 is 1.38 bits per heavy atom. The Labute approximate surface area is 140 Å². The number of anilines is 1. The molecule has 1 atom stereocenters. The van der Waals surface area contributed by atoms with Crippen LogP contribution in [0.15, 0.2) is 42.7 Å². The molecule has 0 unspecified atom stereocenters. The first-order valence-corrected chi connectivity index (χ1v) is 7.87. The van der Waals surface area contributed by atoms with E-state index in [0.29, 0.717) is 19.6 Å². The van der Waals surface area contributed by atoms with Gasteiger partial charge in [0.25, 0.3) is 0 Å². The second-order valence-corrected chi connectivity index (χ2v) is 5.66. The second kappa shape index (κ2) is 7.16. The van der Waals surface area contributed by atoms with Crippen molar-refractivity contribution in [2.45, 2.75) is 13.0 Å². The predicted molar refractivity (Wildman–Crippen MR) is 88.7 cm³/mol. The molecule has 126 valence electrons. The molecule has 2 aromatic rings. The van der Waals surface area contributed by atoms with Crippen LogP contribution < -0.4 is 15.0 Å². The average Bonchev–Trinajstić information content (AvgIpc) is 3.24. The minimum Gasteiger partial charge on any atom is -0.497 e. The van der Waals surface area contributed by atoms with Crippen molar-refractivity contribution < 1.29 is 14.3 Å². The molecule has 1 saturated heterocycles. The maximum Gasteiger partial charge on any atom is 0.227 e. The van der Waals surface area contributed by atoms with Gasteiger partial charge in [0.1, 0.15) is 5.75 Å². The van der Waals surface area contributed by atoms with Gasteiger partial charge in [0, 0.05) is 37.6 Å². The SMILES string of the molecule is COc1ccc(N2C[C@H](C(=O)NCCn3cccn3)CC2=O)cc1. The molecule has 7 heteroatoms. The van der Waals surface area contributed by atoms with E-state index in [9.17, 15) is 9.59 Å². The first-order chi connectivity index (χ1) is 11.7. The highest BCUT2D eigenvalue weighted by Crippen LogP contribution is 2.26. The minimum atomic E-state index is -0.322. The maximum atomic E-state index is 12.3.